The molecular formula is C66H44B2. The Hall–Kier alpha value is -8.19. The minimum Gasteiger partial charge on any atom is -0.0666 e. The maximum Gasteiger partial charge on any atom is 0.242 e. The van der Waals surface area contributed by atoms with Crippen LogP contribution >= 0.6 is 0 Å². The zero-order valence-electron chi connectivity index (χ0n) is 37.6. The second-order valence-electron chi connectivity index (χ2n) is 18.9. The van der Waals surface area contributed by atoms with Crippen LogP contribution in [-0.4, -0.2) is 13.4 Å². The van der Waals surface area contributed by atoms with Crippen LogP contribution in [0.15, 0.2) is 267 Å². The monoisotopic (exact) mass is 858 g/mol. The maximum absolute atomic E-state index is 2.43. The molecule has 14 rings (SSSR count). The molecule has 68 heavy (non-hydrogen) atoms. The molecule has 2 aliphatic rings. The van der Waals surface area contributed by atoms with E-state index in [9.17, 15) is 0 Å². The smallest absolute Gasteiger partial charge is 0.0666 e. The van der Waals surface area contributed by atoms with Gasteiger partial charge in [0.2, 0.25) is 13.4 Å². The summed E-state index contributed by atoms with van der Waals surface area (Å²) in [6, 6.07) is 101. The molecule has 0 unspecified atom stereocenters. The molecule has 2 heterocycles. The molecular weight excluding hydrogens is 814 g/mol. The fourth-order valence-corrected chi connectivity index (χ4v) is 13.3. The van der Waals surface area contributed by atoms with E-state index in [-0.39, 0.29) is 13.4 Å². The maximum atomic E-state index is 2.43. The first-order valence-corrected chi connectivity index (χ1v) is 24.1. The van der Waals surface area contributed by atoms with Crippen molar-refractivity contribution < 1.29 is 0 Å². The molecule has 0 atom stereocenters. The van der Waals surface area contributed by atoms with Crippen molar-refractivity contribution in [2.45, 2.75) is 10.8 Å². The zero-order chi connectivity index (χ0) is 44.8. The lowest BCUT2D eigenvalue weighted by Gasteiger charge is -2.45. The van der Waals surface area contributed by atoms with Crippen molar-refractivity contribution in [3.8, 4) is 0 Å². The van der Waals surface area contributed by atoms with Gasteiger partial charge in [-0.3, -0.25) is 0 Å². The van der Waals surface area contributed by atoms with E-state index in [2.05, 4.69) is 267 Å². The Labute approximate surface area is 398 Å². The second kappa shape index (κ2) is 15.2. The Morgan fingerprint density at radius 2 is 0.456 bits per heavy atom. The van der Waals surface area contributed by atoms with Crippen molar-refractivity contribution in [3.63, 3.8) is 0 Å². The van der Waals surface area contributed by atoms with Crippen LogP contribution in [0.1, 0.15) is 44.5 Å². The van der Waals surface area contributed by atoms with Gasteiger partial charge in [-0.05, 0) is 76.8 Å². The van der Waals surface area contributed by atoms with Crippen LogP contribution in [0.5, 0.6) is 0 Å². The predicted octanol–water partition coefficient (Wildman–Crippen LogP) is 11.0. The summed E-state index contributed by atoms with van der Waals surface area (Å²) in [6.07, 6.45) is 0. The van der Waals surface area contributed by atoms with Crippen LogP contribution in [-0.2, 0) is 10.8 Å². The first kappa shape index (κ1) is 39.0. The Morgan fingerprint density at radius 1 is 0.206 bits per heavy atom. The van der Waals surface area contributed by atoms with Crippen LogP contribution < -0.4 is 32.8 Å². The summed E-state index contributed by atoms with van der Waals surface area (Å²) in [6.45, 7) is 0.0429. The third kappa shape index (κ3) is 5.29. The predicted molar refractivity (Wildman–Crippen MR) is 289 cm³/mol. The minimum absolute atomic E-state index is 0.0215. The third-order valence-electron chi connectivity index (χ3n) is 15.9. The van der Waals surface area contributed by atoms with Gasteiger partial charge in [-0.2, -0.15) is 0 Å². The molecule has 0 amide bonds. The van der Waals surface area contributed by atoms with Gasteiger partial charge in [-0.25, -0.2) is 0 Å². The highest BCUT2D eigenvalue weighted by molar-refractivity contribution is 6.99. The number of benzene rings is 12. The van der Waals surface area contributed by atoms with Crippen molar-refractivity contribution in [3.05, 3.63) is 311 Å². The summed E-state index contributed by atoms with van der Waals surface area (Å²) >= 11 is 0. The molecule has 12 aromatic carbocycles. The summed E-state index contributed by atoms with van der Waals surface area (Å²) in [5.41, 5.74) is 17.6. The molecule has 314 valence electrons. The van der Waals surface area contributed by atoms with Crippen LogP contribution in [0.4, 0.5) is 0 Å². The van der Waals surface area contributed by atoms with Crippen LogP contribution in [0.25, 0.3) is 32.3 Å². The molecule has 0 fully saturated rings. The standard InChI is InChI=1S/C66H44B2/c1-5-21-47(22-6-1)65(48-23-7-2-8-24-48)53-29-13-17-33-59(53)67(60-34-18-14-30-54(60)65)57-43-39-45-38-42-52-58(44-40-46-37-41-51(57)63(45)64(46)52)68-61-35-19-15-31-55(61)66(49-25-9-3-10-26-49,50-27-11-4-12-28-50)56-32-16-20-36-62(56)68/h1-44H. The lowest BCUT2D eigenvalue weighted by Crippen LogP contribution is -2.62. The summed E-state index contributed by atoms with van der Waals surface area (Å²) in [4.78, 5) is 0. The Bertz CT molecular complexity index is 3430. The van der Waals surface area contributed by atoms with E-state index in [4.69, 9.17) is 0 Å². The minimum atomic E-state index is -0.490. The molecule has 0 aliphatic carbocycles. The summed E-state index contributed by atoms with van der Waals surface area (Å²) in [7, 11) is 0. The Balaban J connectivity index is 1.02. The van der Waals surface area contributed by atoms with Crippen LogP contribution in [0.3, 0.4) is 0 Å². The van der Waals surface area contributed by atoms with Crippen molar-refractivity contribution in [1.82, 2.24) is 0 Å². The van der Waals surface area contributed by atoms with Crippen LogP contribution in [0.2, 0.25) is 0 Å². The van der Waals surface area contributed by atoms with E-state index >= 15 is 0 Å². The summed E-state index contributed by atoms with van der Waals surface area (Å²) in [5.74, 6) is 0. The Morgan fingerprint density at radius 3 is 0.750 bits per heavy atom. The first-order chi connectivity index (χ1) is 33.8. The van der Waals surface area contributed by atoms with Gasteiger partial charge in [-0.1, -0.05) is 300 Å². The molecule has 2 aliphatic heterocycles. The van der Waals surface area contributed by atoms with Gasteiger partial charge in [0, 0.05) is 0 Å². The van der Waals surface area contributed by atoms with E-state index in [1.54, 1.807) is 0 Å². The van der Waals surface area contributed by atoms with Gasteiger partial charge in [0.25, 0.3) is 0 Å². The molecule has 0 bridgehead atoms. The lowest BCUT2D eigenvalue weighted by molar-refractivity contribution is 0.751. The molecule has 0 aromatic heterocycles. The average molecular weight is 859 g/mol. The Kier molecular flexibility index (Phi) is 8.71. The van der Waals surface area contributed by atoms with E-state index in [1.165, 1.54) is 110 Å². The topological polar surface area (TPSA) is 0 Å². The summed E-state index contributed by atoms with van der Waals surface area (Å²) in [5, 5.41) is 7.87. The molecule has 0 saturated carbocycles. The normalized spacial score (nSPS) is 14.4. The SMILES string of the molecule is c1ccc(C2(c3ccccc3)c3ccccc3B(c3ccc4ccc5c(B6c7ccccc7C(c7ccccc7)(c7ccccc7)c7ccccc76)ccc6ccc3c4c65)c3ccccc32)cc1. The molecule has 0 spiro atoms. The molecule has 12 aromatic rings. The fraction of sp³-hybridized carbons (Fsp3) is 0.0303. The highest BCUT2D eigenvalue weighted by atomic mass is 14.4. The molecule has 0 N–H and O–H groups in total. The van der Waals surface area contributed by atoms with E-state index in [1.807, 2.05) is 0 Å². The zero-order valence-corrected chi connectivity index (χ0v) is 37.6. The van der Waals surface area contributed by atoms with Gasteiger partial charge >= 0.3 is 0 Å². The quantitative estimate of drug-likeness (QED) is 0.115. The van der Waals surface area contributed by atoms with E-state index in [0.29, 0.717) is 0 Å². The van der Waals surface area contributed by atoms with E-state index < -0.39 is 10.8 Å². The highest BCUT2D eigenvalue weighted by Crippen LogP contribution is 2.48. The van der Waals surface area contributed by atoms with Gasteiger partial charge < -0.3 is 0 Å². The number of rotatable bonds is 6. The molecule has 0 saturated heterocycles. The number of fused-ring (bicyclic) bond motifs is 4. The highest BCUT2D eigenvalue weighted by Gasteiger charge is 2.49. The van der Waals surface area contributed by atoms with Gasteiger partial charge in [0.05, 0.1) is 10.8 Å². The largest absolute Gasteiger partial charge is 0.242 e. The average Bonchev–Trinajstić information content (AvgIpc) is 3.42. The van der Waals surface area contributed by atoms with Gasteiger partial charge in [0.1, 0.15) is 0 Å². The van der Waals surface area contributed by atoms with Crippen molar-refractivity contribution in [1.29, 1.82) is 0 Å². The fourth-order valence-electron chi connectivity index (χ4n) is 13.3. The lowest BCUT2D eigenvalue weighted by atomic mass is 9.30. The number of hydrogen-bond donors (Lipinski definition) is 0. The van der Waals surface area contributed by atoms with Crippen molar-refractivity contribution in [2.24, 2.45) is 0 Å². The van der Waals surface area contributed by atoms with Gasteiger partial charge in [-0.15, -0.1) is 0 Å². The van der Waals surface area contributed by atoms with Crippen LogP contribution in [0, 0.1) is 0 Å². The van der Waals surface area contributed by atoms with Gasteiger partial charge in [0.15, 0.2) is 0 Å². The molecule has 0 radical (unpaired) electrons. The van der Waals surface area contributed by atoms with Crippen molar-refractivity contribution in [2.75, 3.05) is 0 Å². The molecule has 0 nitrogen and oxygen atoms in total. The van der Waals surface area contributed by atoms with E-state index in [0.717, 1.165) is 0 Å². The van der Waals surface area contributed by atoms with Crippen molar-refractivity contribution >= 4 is 78.5 Å². The molecule has 2 heteroatoms. The third-order valence-corrected chi connectivity index (χ3v) is 15.9. The summed E-state index contributed by atoms with van der Waals surface area (Å²) < 4.78 is 0. The second-order valence-corrected chi connectivity index (χ2v) is 18.9. The first-order valence-electron chi connectivity index (χ1n) is 24.1. The number of hydrogen-bond acceptors (Lipinski definition) is 0.